The third-order valence-electron chi connectivity index (χ3n) is 7.45. The second-order valence-electron chi connectivity index (χ2n) is 11.5. The van der Waals surface area contributed by atoms with Gasteiger partial charge in [-0.2, -0.15) is 0 Å². The van der Waals surface area contributed by atoms with Gasteiger partial charge in [-0.15, -0.1) is 0 Å². The minimum absolute atomic E-state index is 0.417. The predicted octanol–water partition coefficient (Wildman–Crippen LogP) is 9.19. The van der Waals surface area contributed by atoms with E-state index in [2.05, 4.69) is 23.8 Å². The van der Waals surface area contributed by atoms with Gasteiger partial charge in [0, 0.05) is 25.5 Å². The van der Waals surface area contributed by atoms with E-state index in [4.69, 9.17) is 18.9 Å². The summed E-state index contributed by atoms with van der Waals surface area (Å²) in [7, 11) is 0. The largest absolute Gasteiger partial charge is 0.494 e. The summed E-state index contributed by atoms with van der Waals surface area (Å²) in [5.74, 6) is 1.60. The van der Waals surface area contributed by atoms with E-state index in [9.17, 15) is 9.59 Å². The molecule has 0 radical (unpaired) electrons. The number of unbranched alkanes of at least 4 members (excludes halogenated alkanes) is 4. The van der Waals surface area contributed by atoms with Crippen LogP contribution in [0.25, 0.3) is 0 Å². The molecule has 0 aliphatic rings. The molecule has 4 aromatic rings. The fourth-order valence-corrected chi connectivity index (χ4v) is 4.63. The average Bonchev–Trinajstić information content (AvgIpc) is 3.13. The van der Waals surface area contributed by atoms with Crippen LogP contribution in [-0.4, -0.2) is 50.7 Å². The van der Waals surface area contributed by atoms with E-state index in [1.165, 1.54) is 0 Å². The van der Waals surface area contributed by atoms with Crippen molar-refractivity contribution < 1.29 is 28.5 Å². The Morgan fingerprint density at radius 3 is 1.22 bits per heavy atom. The molecule has 0 saturated carbocycles. The summed E-state index contributed by atoms with van der Waals surface area (Å²) in [5, 5.41) is 0. The Morgan fingerprint density at radius 2 is 0.857 bits per heavy atom. The molecule has 0 aliphatic carbocycles. The van der Waals surface area contributed by atoms with Crippen molar-refractivity contribution in [1.29, 1.82) is 0 Å². The summed E-state index contributed by atoms with van der Waals surface area (Å²) in [5.41, 5.74) is 2.76. The molecule has 0 heterocycles. The lowest BCUT2D eigenvalue weighted by molar-refractivity contribution is 0.0725. The van der Waals surface area contributed by atoms with Gasteiger partial charge in [0.05, 0.1) is 24.3 Å². The topological polar surface area (TPSA) is 95.8 Å². The van der Waals surface area contributed by atoms with Crippen molar-refractivity contribution in [2.75, 3.05) is 26.3 Å². The first-order chi connectivity index (χ1) is 24.0. The molecule has 0 fully saturated rings. The van der Waals surface area contributed by atoms with Gasteiger partial charge in [-0.1, -0.05) is 39.5 Å². The first-order valence-electron chi connectivity index (χ1n) is 17.1. The Morgan fingerprint density at radius 1 is 0.490 bits per heavy atom. The van der Waals surface area contributed by atoms with Crippen molar-refractivity contribution >= 4 is 24.4 Å². The minimum Gasteiger partial charge on any atom is -0.494 e. The van der Waals surface area contributed by atoms with Crippen LogP contribution in [0.2, 0.25) is 0 Å². The second kappa shape index (κ2) is 20.9. The zero-order valence-corrected chi connectivity index (χ0v) is 28.5. The summed E-state index contributed by atoms with van der Waals surface area (Å²) in [4.78, 5) is 34.0. The molecule has 0 unspecified atom stereocenters. The second-order valence-corrected chi connectivity index (χ2v) is 11.5. The number of benzene rings is 4. The number of carbonyl (C=O) groups is 2. The summed E-state index contributed by atoms with van der Waals surface area (Å²) in [6.45, 7) is 6.92. The molecule has 0 spiro atoms. The lowest BCUT2D eigenvalue weighted by Crippen LogP contribution is -2.08. The van der Waals surface area contributed by atoms with Crippen molar-refractivity contribution in [3.05, 3.63) is 119 Å². The average molecular weight is 663 g/mol. The van der Waals surface area contributed by atoms with E-state index in [1.54, 1.807) is 85.2 Å². The minimum atomic E-state index is -0.417. The Bertz CT molecular complexity index is 1490. The Labute approximate surface area is 289 Å². The molecule has 8 heteroatoms. The van der Waals surface area contributed by atoms with E-state index in [0.29, 0.717) is 48.9 Å². The van der Waals surface area contributed by atoms with Gasteiger partial charge >= 0.3 is 11.9 Å². The van der Waals surface area contributed by atoms with Gasteiger partial charge in [-0.3, -0.25) is 9.98 Å². The highest BCUT2D eigenvalue weighted by Gasteiger charge is 2.10. The fraction of sp³-hybridized carbons (Fsp3) is 0.317. The quantitative estimate of drug-likeness (QED) is 0.0405. The standard InChI is InChI=1S/C41H46N2O6/c1-3-5-7-28-46-36-22-14-34(15-23-36)40(44)48-38-18-10-32(11-19-38)30-42-26-9-27-43-31-33-12-20-39(21-13-33)49-41(45)35-16-24-37(25-17-35)47-29-8-6-4-2/h10-25,30-31H,3-9,26-29H2,1-2H3. The molecular weight excluding hydrogens is 616 g/mol. The van der Waals surface area contributed by atoms with Crippen molar-refractivity contribution in [3.8, 4) is 23.0 Å². The van der Waals surface area contributed by atoms with Gasteiger partial charge < -0.3 is 18.9 Å². The van der Waals surface area contributed by atoms with Crippen LogP contribution in [0.1, 0.15) is 90.6 Å². The van der Waals surface area contributed by atoms with E-state index in [-0.39, 0.29) is 0 Å². The van der Waals surface area contributed by atoms with Crippen LogP contribution in [0.4, 0.5) is 0 Å². The monoisotopic (exact) mass is 662 g/mol. The van der Waals surface area contributed by atoms with Crippen LogP contribution in [0, 0.1) is 0 Å². The molecule has 4 rings (SSSR count). The molecular formula is C41H46N2O6. The maximum Gasteiger partial charge on any atom is 0.343 e. The highest BCUT2D eigenvalue weighted by Crippen LogP contribution is 2.18. The van der Waals surface area contributed by atoms with Gasteiger partial charge in [0.2, 0.25) is 0 Å². The maximum absolute atomic E-state index is 12.5. The number of hydrogen-bond acceptors (Lipinski definition) is 8. The number of aliphatic imine (C=N–C) groups is 2. The molecule has 0 aromatic heterocycles. The van der Waals surface area contributed by atoms with E-state index >= 15 is 0 Å². The number of esters is 2. The third kappa shape index (κ3) is 13.4. The molecule has 0 amide bonds. The number of carbonyl (C=O) groups excluding carboxylic acids is 2. The smallest absolute Gasteiger partial charge is 0.343 e. The molecule has 0 aliphatic heterocycles. The number of ether oxygens (including phenoxy) is 4. The van der Waals surface area contributed by atoms with E-state index in [1.807, 2.05) is 24.3 Å². The number of rotatable bonds is 20. The molecule has 256 valence electrons. The third-order valence-corrected chi connectivity index (χ3v) is 7.45. The van der Waals surface area contributed by atoms with Gasteiger partial charge in [0.25, 0.3) is 0 Å². The Balaban J connectivity index is 1.11. The van der Waals surface area contributed by atoms with Gasteiger partial charge in [0.15, 0.2) is 0 Å². The lowest BCUT2D eigenvalue weighted by atomic mass is 10.2. The molecule has 4 aromatic carbocycles. The zero-order valence-electron chi connectivity index (χ0n) is 28.5. The highest BCUT2D eigenvalue weighted by atomic mass is 16.5. The van der Waals surface area contributed by atoms with Gasteiger partial charge in [-0.05, 0) is 127 Å². The molecule has 0 N–H and O–H groups in total. The van der Waals surface area contributed by atoms with Crippen LogP contribution in [-0.2, 0) is 0 Å². The van der Waals surface area contributed by atoms with Crippen LogP contribution < -0.4 is 18.9 Å². The highest BCUT2D eigenvalue weighted by molar-refractivity contribution is 5.92. The summed E-state index contributed by atoms with van der Waals surface area (Å²) in [6, 6.07) is 28.5. The zero-order chi connectivity index (χ0) is 34.5. The van der Waals surface area contributed by atoms with Gasteiger partial charge in [-0.25, -0.2) is 9.59 Å². The van der Waals surface area contributed by atoms with E-state index in [0.717, 1.165) is 67.6 Å². The Hall–Kier alpha value is -5.24. The van der Waals surface area contributed by atoms with Crippen molar-refractivity contribution in [1.82, 2.24) is 0 Å². The molecule has 8 nitrogen and oxygen atoms in total. The number of hydrogen-bond donors (Lipinski definition) is 0. The van der Waals surface area contributed by atoms with Crippen LogP contribution in [0.3, 0.4) is 0 Å². The van der Waals surface area contributed by atoms with Gasteiger partial charge in [0.1, 0.15) is 23.0 Å². The van der Waals surface area contributed by atoms with Crippen molar-refractivity contribution in [2.24, 2.45) is 9.98 Å². The van der Waals surface area contributed by atoms with Crippen LogP contribution >= 0.6 is 0 Å². The number of nitrogens with zero attached hydrogens (tertiary/aromatic N) is 2. The maximum atomic E-state index is 12.5. The fourth-order valence-electron chi connectivity index (χ4n) is 4.63. The normalized spacial score (nSPS) is 11.1. The SMILES string of the molecule is CCCCCOc1ccc(C(=O)Oc2ccc(C=NCCCN=Cc3ccc(OC(=O)c4ccc(OCCCCC)cc4)cc3)cc2)cc1. The summed E-state index contributed by atoms with van der Waals surface area (Å²) in [6.07, 6.45) is 11.0. The lowest BCUT2D eigenvalue weighted by Gasteiger charge is -2.07. The Kier molecular flexibility index (Phi) is 15.6. The van der Waals surface area contributed by atoms with Crippen LogP contribution in [0.5, 0.6) is 23.0 Å². The summed E-state index contributed by atoms with van der Waals surface area (Å²) < 4.78 is 22.4. The summed E-state index contributed by atoms with van der Waals surface area (Å²) >= 11 is 0. The van der Waals surface area contributed by atoms with Crippen molar-refractivity contribution in [3.63, 3.8) is 0 Å². The first kappa shape index (κ1) is 36.6. The van der Waals surface area contributed by atoms with Crippen LogP contribution in [0.15, 0.2) is 107 Å². The molecule has 49 heavy (non-hydrogen) atoms. The van der Waals surface area contributed by atoms with E-state index < -0.39 is 11.9 Å². The molecule has 0 atom stereocenters. The predicted molar refractivity (Wildman–Crippen MR) is 195 cm³/mol. The molecule has 0 bridgehead atoms. The molecule has 0 saturated heterocycles. The first-order valence-corrected chi connectivity index (χ1v) is 17.1. The van der Waals surface area contributed by atoms with Crippen molar-refractivity contribution in [2.45, 2.75) is 58.8 Å².